The second-order valence-electron chi connectivity index (χ2n) is 7.54. The van der Waals surface area contributed by atoms with Gasteiger partial charge in [0.25, 0.3) is 0 Å². The summed E-state index contributed by atoms with van der Waals surface area (Å²) >= 11 is 3.49. The van der Waals surface area contributed by atoms with E-state index < -0.39 is 0 Å². The fraction of sp³-hybridized carbons (Fsp3) is 0.143. The van der Waals surface area contributed by atoms with Gasteiger partial charge >= 0.3 is 0 Å². The number of benzene rings is 3. The molecule has 4 rings (SSSR count). The van der Waals surface area contributed by atoms with Gasteiger partial charge in [-0.15, -0.1) is 0 Å². The fourth-order valence-corrected chi connectivity index (χ4v) is 4.23. The number of nitriles is 1. The lowest BCUT2D eigenvalue weighted by Crippen LogP contribution is -1.94. The molecular formula is C28H23BrN2O5. The monoisotopic (exact) mass is 546 g/mol. The van der Waals surface area contributed by atoms with Crippen molar-refractivity contribution >= 4 is 28.0 Å². The highest BCUT2D eigenvalue weighted by molar-refractivity contribution is 9.10. The molecule has 0 radical (unpaired) electrons. The number of methoxy groups -OCH3 is 4. The second kappa shape index (κ2) is 11.0. The average Bonchev–Trinajstić information content (AvgIpc) is 3.30. The molecule has 0 atom stereocenters. The van der Waals surface area contributed by atoms with Crippen LogP contribution in [0.4, 0.5) is 5.88 Å². The number of halogens is 1. The Morgan fingerprint density at radius 1 is 0.806 bits per heavy atom. The quantitative estimate of drug-likeness (QED) is 0.220. The number of aliphatic imine (C=N–C) groups is 1. The van der Waals surface area contributed by atoms with Gasteiger partial charge in [-0.05, 0) is 64.0 Å². The standard InChI is InChI=1S/C28H23BrN2O5/c1-32-20-9-5-17(6-10-20)26-22(15-30)28(36-27(26)18-7-11-21(33-2)12-8-18)31-16-19-13-23(29)25(35-4)14-24(19)34-3/h5-14,16H,1-4H3. The molecule has 0 aliphatic heterocycles. The van der Waals surface area contributed by atoms with Gasteiger partial charge in [-0.2, -0.15) is 5.26 Å². The Labute approximate surface area is 217 Å². The minimum Gasteiger partial charge on any atom is -0.497 e. The number of rotatable bonds is 8. The summed E-state index contributed by atoms with van der Waals surface area (Å²) in [4.78, 5) is 4.55. The van der Waals surface area contributed by atoms with Gasteiger partial charge in [0.2, 0.25) is 5.88 Å². The summed E-state index contributed by atoms with van der Waals surface area (Å²) in [5.41, 5.74) is 3.22. The predicted molar refractivity (Wildman–Crippen MR) is 142 cm³/mol. The Kier molecular flexibility index (Phi) is 7.62. The number of nitrogens with zero attached hydrogens (tertiary/aromatic N) is 2. The van der Waals surface area contributed by atoms with Crippen LogP contribution in [0.1, 0.15) is 11.1 Å². The maximum absolute atomic E-state index is 10.1. The largest absolute Gasteiger partial charge is 0.497 e. The lowest BCUT2D eigenvalue weighted by Gasteiger charge is -2.09. The van der Waals surface area contributed by atoms with Crippen LogP contribution >= 0.6 is 15.9 Å². The van der Waals surface area contributed by atoms with Crippen LogP contribution in [0.25, 0.3) is 22.5 Å². The number of hydrogen-bond acceptors (Lipinski definition) is 7. The maximum Gasteiger partial charge on any atom is 0.238 e. The molecule has 0 spiro atoms. The lowest BCUT2D eigenvalue weighted by molar-refractivity contribution is 0.392. The van der Waals surface area contributed by atoms with Gasteiger partial charge < -0.3 is 23.4 Å². The van der Waals surface area contributed by atoms with Crippen molar-refractivity contribution in [1.82, 2.24) is 0 Å². The maximum atomic E-state index is 10.1. The summed E-state index contributed by atoms with van der Waals surface area (Å²) in [6, 6.07) is 20.7. The molecule has 0 N–H and O–H groups in total. The van der Waals surface area contributed by atoms with Crippen LogP contribution in [-0.2, 0) is 0 Å². The van der Waals surface area contributed by atoms with Crippen LogP contribution in [0.15, 0.2) is 74.5 Å². The van der Waals surface area contributed by atoms with Gasteiger partial charge in [0.05, 0.1) is 32.9 Å². The van der Waals surface area contributed by atoms with E-state index >= 15 is 0 Å². The van der Waals surface area contributed by atoms with Gasteiger partial charge in [-0.3, -0.25) is 0 Å². The van der Waals surface area contributed by atoms with Gasteiger partial charge in [0.15, 0.2) is 0 Å². The van der Waals surface area contributed by atoms with E-state index in [1.807, 2.05) is 54.6 Å². The summed E-state index contributed by atoms with van der Waals surface area (Å²) < 4.78 is 28.4. The summed E-state index contributed by atoms with van der Waals surface area (Å²) in [5, 5.41) is 10.1. The van der Waals surface area contributed by atoms with Crippen molar-refractivity contribution in [3.63, 3.8) is 0 Å². The first-order chi connectivity index (χ1) is 17.5. The Bertz CT molecular complexity index is 1440. The molecule has 1 aromatic heterocycles. The van der Waals surface area contributed by atoms with Crippen LogP contribution in [0.5, 0.6) is 23.0 Å². The molecule has 0 bridgehead atoms. The molecule has 0 unspecified atom stereocenters. The van der Waals surface area contributed by atoms with Crippen LogP contribution in [-0.4, -0.2) is 34.7 Å². The molecule has 0 fully saturated rings. The molecule has 36 heavy (non-hydrogen) atoms. The first-order valence-corrected chi connectivity index (χ1v) is 11.6. The van der Waals surface area contributed by atoms with Crippen molar-refractivity contribution in [2.45, 2.75) is 0 Å². The van der Waals surface area contributed by atoms with Crippen LogP contribution in [0, 0.1) is 11.3 Å². The van der Waals surface area contributed by atoms with Gasteiger partial charge in [-0.25, -0.2) is 4.99 Å². The topological polar surface area (TPSA) is 86.2 Å². The Morgan fingerprint density at radius 2 is 1.39 bits per heavy atom. The SMILES string of the molecule is COc1ccc(-c2oc(N=Cc3cc(Br)c(OC)cc3OC)c(C#N)c2-c2ccc(OC)cc2)cc1. The zero-order chi connectivity index (χ0) is 25.7. The molecule has 0 aliphatic carbocycles. The molecule has 8 heteroatoms. The number of furan rings is 1. The molecule has 7 nitrogen and oxygen atoms in total. The van der Waals surface area contributed by atoms with E-state index in [-0.39, 0.29) is 5.88 Å². The average molecular weight is 547 g/mol. The van der Waals surface area contributed by atoms with E-state index in [1.165, 1.54) is 0 Å². The lowest BCUT2D eigenvalue weighted by atomic mass is 9.98. The third-order valence-corrected chi connectivity index (χ3v) is 6.18. The Morgan fingerprint density at radius 3 is 1.92 bits per heavy atom. The van der Waals surface area contributed by atoms with E-state index in [2.05, 4.69) is 27.0 Å². The predicted octanol–water partition coefficient (Wildman–Crippen LogP) is 7.03. The highest BCUT2D eigenvalue weighted by atomic mass is 79.9. The fourth-order valence-electron chi connectivity index (χ4n) is 3.70. The van der Waals surface area contributed by atoms with Crippen molar-refractivity contribution < 1.29 is 23.4 Å². The summed E-state index contributed by atoms with van der Waals surface area (Å²) in [7, 11) is 6.36. The van der Waals surface area contributed by atoms with Gasteiger partial charge in [0, 0.05) is 29.0 Å². The normalized spacial score (nSPS) is 10.8. The second-order valence-corrected chi connectivity index (χ2v) is 8.40. The third-order valence-electron chi connectivity index (χ3n) is 5.56. The smallest absolute Gasteiger partial charge is 0.238 e. The first-order valence-electron chi connectivity index (χ1n) is 10.8. The van der Waals surface area contributed by atoms with Gasteiger partial charge in [0.1, 0.15) is 40.4 Å². The first kappa shape index (κ1) is 24.9. The van der Waals surface area contributed by atoms with E-state index in [9.17, 15) is 5.26 Å². The minimum atomic E-state index is 0.183. The molecule has 0 amide bonds. The van der Waals surface area contributed by atoms with Crippen LogP contribution in [0.3, 0.4) is 0 Å². The van der Waals surface area contributed by atoms with Crippen molar-refractivity contribution in [3.05, 3.63) is 76.3 Å². The Balaban J connectivity index is 1.87. The van der Waals surface area contributed by atoms with E-state index in [0.717, 1.165) is 15.6 Å². The summed E-state index contributed by atoms with van der Waals surface area (Å²) in [6.07, 6.45) is 1.60. The van der Waals surface area contributed by atoms with Crippen molar-refractivity contribution in [1.29, 1.82) is 5.26 Å². The van der Waals surface area contributed by atoms with Crippen molar-refractivity contribution in [3.8, 4) is 51.5 Å². The Hall–Kier alpha value is -4.22. The molecule has 0 aliphatic rings. The summed E-state index contributed by atoms with van der Waals surface area (Å²) in [6.45, 7) is 0. The summed E-state index contributed by atoms with van der Waals surface area (Å²) in [5.74, 6) is 3.32. The molecule has 4 aromatic rings. The molecule has 3 aromatic carbocycles. The molecule has 0 saturated heterocycles. The number of hydrogen-bond donors (Lipinski definition) is 0. The zero-order valence-electron chi connectivity index (χ0n) is 20.2. The van der Waals surface area contributed by atoms with E-state index in [0.29, 0.717) is 45.4 Å². The molecule has 182 valence electrons. The highest BCUT2D eigenvalue weighted by Gasteiger charge is 2.23. The minimum absolute atomic E-state index is 0.183. The molecular weight excluding hydrogens is 524 g/mol. The van der Waals surface area contributed by atoms with Crippen molar-refractivity contribution in [2.75, 3.05) is 28.4 Å². The van der Waals surface area contributed by atoms with Crippen LogP contribution < -0.4 is 18.9 Å². The van der Waals surface area contributed by atoms with Gasteiger partial charge in [-0.1, -0.05) is 12.1 Å². The number of ether oxygens (including phenoxy) is 4. The zero-order valence-corrected chi connectivity index (χ0v) is 21.8. The molecule has 0 saturated carbocycles. The van der Waals surface area contributed by atoms with Crippen molar-refractivity contribution in [2.24, 2.45) is 4.99 Å². The third kappa shape index (κ3) is 4.92. The van der Waals surface area contributed by atoms with E-state index in [4.69, 9.17) is 23.4 Å². The molecule has 1 heterocycles. The van der Waals surface area contributed by atoms with E-state index in [1.54, 1.807) is 40.7 Å². The van der Waals surface area contributed by atoms with Crippen LogP contribution in [0.2, 0.25) is 0 Å². The highest BCUT2D eigenvalue weighted by Crippen LogP contribution is 2.43.